The standard InChI is InChI=1S/C17H18BrNO5/c1-2-3-14(17(21)22)19-16(20)15-9-8-13(24-15)10-23-12-6-4-11(18)5-7-12/h4-9,14H,2-3,10H2,1H3,(H,19,20)(H,21,22). The smallest absolute Gasteiger partial charge is 0.326 e. The topological polar surface area (TPSA) is 88.8 Å². The number of carboxylic acid groups (broad SMARTS) is 1. The quantitative estimate of drug-likeness (QED) is 0.712. The zero-order valence-electron chi connectivity index (χ0n) is 13.1. The van der Waals surface area contributed by atoms with Crippen LogP contribution < -0.4 is 10.1 Å². The van der Waals surface area contributed by atoms with E-state index in [2.05, 4.69) is 21.2 Å². The molecule has 0 aliphatic carbocycles. The van der Waals surface area contributed by atoms with E-state index in [4.69, 9.17) is 14.3 Å². The third kappa shape index (κ3) is 5.13. The Kier molecular flexibility index (Phi) is 6.43. The highest BCUT2D eigenvalue weighted by molar-refractivity contribution is 9.10. The van der Waals surface area contributed by atoms with Crippen LogP contribution in [0.1, 0.15) is 36.1 Å². The summed E-state index contributed by atoms with van der Waals surface area (Å²) in [5, 5.41) is 11.5. The monoisotopic (exact) mass is 395 g/mol. The van der Waals surface area contributed by atoms with Gasteiger partial charge in [-0.1, -0.05) is 29.3 Å². The van der Waals surface area contributed by atoms with Crippen molar-refractivity contribution < 1.29 is 23.8 Å². The Morgan fingerprint density at radius 2 is 1.96 bits per heavy atom. The lowest BCUT2D eigenvalue weighted by molar-refractivity contribution is -0.139. The first-order valence-electron chi connectivity index (χ1n) is 7.50. The van der Waals surface area contributed by atoms with Crippen LogP contribution in [0.2, 0.25) is 0 Å². The molecule has 7 heteroatoms. The number of furan rings is 1. The van der Waals surface area contributed by atoms with Crippen LogP contribution in [0.4, 0.5) is 0 Å². The van der Waals surface area contributed by atoms with E-state index in [1.807, 2.05) is 31.2 Å². The van der Waals surface area contributed by atoms with Crippen molar-refractivity contribution in [3.8, 4) is 5.75 Å². The van der Waals surface area contributed by atoms with Crippen molar-refractivity contribution in [2.75, 3.05) is 0 Å². The number of carbonyl (C=O) groups is 2. The van der Waals surface area contributed by atoms with E-state index in [9.17, 15) is 9.59 Å². The lowest BCUT2D eigenvalue weighted by Gasteiger charge is -2.12. The maximum atomic E-state index is 12.0. The number of halogens is 1. The third-order valence-electron chi connectivity index (χ3n) is 3.26. The average Bonchev–Trinajstić information content (AvgIpc) is 3.03. The molecule has 0 aliphatic rings. The van der Waals surface area contributed by atoms with Crippen molar-refractivity contribution in [3.05, 3.63) is 52.4 Å². The molecule has 0 radical (unpaired) electrons. The number of nitrogens with one attached hydrogen (secondary N) is 1. The fourth-order valence-electron chi connectivity index (χ4n) is 2.04. The second kappa shape index (κ2) is 8.54. The molecule has 1 heterocycles. The molecular weight excluding hydrogens is 378 g/mol. The van der Waals surface area contributed by atoms with Crippen LogP contribution >= 0.6 is 15.9 Å². The minimum atomic E-state index is -1.06. The maximum Gasteiger partial charge on any atom is 0.326 e. The van der Waals surface area contributed by atoms with Crippen LogP contribution in [0.25, 0.3) is 0 Å². The molecular formula is C17H18BrNO5. The fourth-order valence-corrected chi connectivity index (χ4v) is 2.30. The Hall–Kier alpha value is -2.28. The number of carbonyl (C=O) groups excluding carboxylic acids is 1. The van der Waals surface area contributed by atoms with Gasteiger partial charge in [0.05, 0.1) is 0 Å². The molecule has 0 spiro atoms. The van der Waals surface area contributed by atoms with Gasteiger partial charge in [0, 0.05) is 4.47 Å². The third-order valence-corrected chi connectivity index (χ3v) is 3.79. The van der Waals surface area contributed by atoms with Gasteiger partial charge in [0.1, 0.15) is 24.2 Å². The molecule has 6 nitrogen and oxygen atoms in total. The van der Waals surface area contributed by atoms with E-state index in [0.717, 1.165) is 4.47 Å². The number of hydrogen-bond acceptors (Lipinski definition) is 4. The lowest BCUT2D eigenvalue weighted by Crippen LogP contribution is -2.40. The van der Waals surface area contributed by atoms with Gasteiger partial charge >= 0.3 is 5.97 Å². The number of carboxylic acids is 1. The number of benzene rings is 1. The van der Waals surface area contributed by atoms with Crippen molar-refractivity contribution in [1.82, 2.24) is 5.32 Å². The molecule has 0 bridgehead atoms. The van der Waals surface area contributed by atoms with Gasteiger partial charge in [0.25, 0.3) is 5.91 Å². The molecule has 1 amide bonds. The Bertz CT molecular complexity index is 695. The molecule has 1 unspecified atom stereocenters. The second-order valence-corrected chi connectivity index (χ2v) is 6.08. The number of rotatable bonds is 8. The van der Waals surface area contributed by atoms with Gasteiger partial charge in [0.2, 0.25) is 0 Å². The molecule has 1 atom stereocenters. The van der Waals surface area contributed by atoms with Gasteiger partial charge in [-0.25, -0.2) is 4.79 Å². The minimum Gasteiger partial charge on any atom is -0.486 e. The SMILES string of the molecule is CCCC(NC(=O)c1ccc(COc2ccc(Br)cc2)o1)C(=O)O. The van der Waals surface area contributed by atoms with Crippen molar-refractivity contribution in [2.45, 2.75) is 32.4 Å². The second-order valence-electron chi connectivity index (χ2n) is 5.16. The van der Waals surface area contributed by atoms with Crippen LogP contribution in [-0.2, 0) is 11.4 Å². The Morgan fingerprint density at radius 1 is 1.25 bits per heavy atom. The maximum absolute atomic E-state index is 12.0. The molecule has 1 aromatic heterocycles. The molecule has 128 valence electrons. The van der Waals surface area contributed by atoms with Gasteiger partial charge in [-0.05, 0) is 42.8 Å². The van der Waals surface area contributed by atoms with Gasteiger partial charge in [-0.15, -0.1) is 0 Å². The normalized spacial score (nSPS) is 11.8. The van der Waals surface area contributed by atoms with E-state index in [0.29, 0.717) is 24.4 Å². The summed E-state index contributed by atoms with van der Waals surface area (Å²) in [6, 6.07) is 9.54. The van der Waals surface area contributed by atoms with Crippen LogP contribution in [0, 0.1) is 0 Å². The summed E-state index contributed by atoms with van der Waals surface area (Å²) >= 11 is 3.34. The van der Waals surface area contributed by atoms with Crippen molar-refractivity contribution in [1.29, 1.82) is 0 Å². The zero-order chi connectivity index (χ0) is 17.5. The molecule has 0 saturated carbocycles. The highest BCUT2D eigenvalue weighted by Crippen LogP contribution is 2.18. The first kappa shape index (κ1) is 18.1. The summed E-state index contributed by atoms with van der Waals surface area (Å²) in [5.74, 6) is -0.395. The van der Waals surface area contributed by atoms with Gasteiger partial charge < -0.3 is 19.6 Å². The first-order chi connectivity index (χ1) is 11.5. The largest absolute Gasteiger partial charge is 0.486 e. The molecule has 2 rings (SSSR count). The van der Waals surface area contributed by atoms with Gasteiger partial charge in [-0.2, -0.15) is 0 Å². The van der Waals surface area contributed by atoms with Gasteiger partial charge in [-0.3, -0.25) is 4.79 Å². The zero-order valence-corrected chi connectivity index (χ0v) is 14.7. The van der Waals surface area contributed by atoms with E-state index in [1.165, 1.54) is 6.07 Å². The molecule has 0 fully saturated rings. The summed E-state index contributed by atoms with van der Waals surface area (Å²) in [6.07, 6.45) is 1.02. The van der Waals surface area contributed by atoms with Crippen LogP contribution in [0.5, 0.6) is 5.75 Å². The lowest BCUT2D eigenvalue weighted by atomic mass is 10.1. The summed E-state index contributed by atoms with van der Waals surface area (Å²) in [6.45, 7) is 2.03. The predicted octanol–water partition coefficient (Wildman–Crippen LogP) is 3.60. The molecule has 0 aliphatic heterocycles. The Labute approximate surface area is 147 Å². The minimum absolute atomic E-state index is 0.0618. The van der Waals surface area contributed by atoms with Crippen LogP contribution in [-0.4, -0.2) is 23.0 Å². The van der Waals surface area contributed by atoms with E-state index < -0.39 is 17.9 Å². The fraction of sp³-hybridized carbons (Fsp3) is 0.294. The molecule has 2 N–H and O–H groups in total. The summed E-state index contributed by atoms with van der Waals surface area (Å²) in [7, 11) is 0. The van der Waals surface area contributed by atoms with Crippen molar-refractivity contribution in [3.63, 3.8) is 0 Å². The summed E-state index contributed by atoms with van der Waals surface area (Å²) in [5.41, 5.74) is 0. The van der Waals surface area contributed by atoms with E-state index in [-0.39, 0.29) is 12.4 Å². The molecule has 1 aromatic carbocycles. The number of ether oxygens (including phenoxy) is 1. The number of aliphatic carboxylic acids is 1. The Balaban J connectivity index is 1.93. The molecule has 2 aromatic rings. The number of hydrogen-bond donors (Lipinski definition) is 2. The number of amides is 1. The van der Waals surface area contributed by atoms with Gasteiger partial charge in [0.15, 0.2) is 5.76 Å². The first-order valence-corrected chi connectivity index (χ1v) is 8.29. The van der Waals surface area contributed by atoms with Crippen LogP contribution in [0.15, 0.2) is 45.3 Å². The van der Waals surface area contributed by atoms with Crippen molar-refractivity contribution >= 4 is 27.8 Å². The van der Waals surface area contributed by atoms with E-state index >= 15 is 0 Å². The summed E-state index contributed by atoms with van der Waals surface area (Å²) in [4.78, 5) is 23.1. The molecule has 24 heavy (non-hydrogen) atoms. The average molecular weight is 396 g/mol. The molecule has 0 saturated heterocycles. The van der Waals surface area contributed by atoms with E-state index in [1.54, 1.807) is 6.07 Å². The Morgan fingerprint density at radius 3 is 2.58 bits per heavy atom. The van der Waals surface area contributed by atoms with Crippen molar-refractivity contribution in [2.24, 2.45) is 0 Å². The summed E-state index contributed by atoms with van der Waals surface area (Å²) < 4.78 is 11.9. The highest BCUT2D eigenvalue weighted by atomic mass is 79.9. The van der Waals surface area contributed by atoms with Crippen LogP contribution in [0.3, 0.4) is 0 Å². The predicted molar refractivity (Wildman–Crippen MR) is 91.0 cm³/mol. The highest BCUT2D eigenvalue weighted by Gasteiger charge is 2.21.